The molecule has 1 fully saturated rings. The lowest BCUT2D eigenvalue weighted by atomic mass is 10.1. The van der Waals surface area contributed by atoms with Gasteiger partial charge in [0.05, 0.1) is 13.6 Å². The van der Waals surface area contributed by atoms with Gasteiger partial charge in [0.2, 0.25) is 0 Å². The fourth-order valence-corrected chi connectivity index (χ4v) is 3.55. The Hall–Kier alpha value is -1.84. The maximum absolute atomic E-state index is 10.7. The maximum Gasteiger partial charge on any atom is 0.140 e. The van der Waals surface area contributed by atoms with Crippen molar-refractivity contribution in [2.45, 2.75) is 25.0 Å². The fourth-order valence-electron chi connectivity index (χ4n) is 3.55. The van der Waals surface area contributed by atoms with Gasteiger partial charge in [-0.2, -0.15) is 0 Å². The molecule has 3 atom stereocenters. The number of aliphatic hydroxyl groups excluding tert-OH is 1. The average molecular weight is 298 g/mol. The van der Waals surface area contributed by atoms with Gasteiger partial charge in [-0.3, -0.25) is 4.48 Å². The summed E-state index contributed by atoms with van der Waals surface area (Å²) >= 11 is 0. The van der Waals surface area contributed by atoms with Crippen molar-refractivity contribution < 1.29 is 9.84 Å². The summed E-state index contributed by atoms with van der Waals surface area (Å²) < 4.78 is 6.54. The normalized spacial score (nSPS) is 25.8. The molecule has 1 saturated heterocycles. The highest BCUT2D eigenvalue weighted by atomic mass is 16.5. The van der Waals surface area contributed by atoms with Gasteiger partial charge in [0.1, 0.15) is 30.2 Å². The first-order valence-electron chi connectivity index (χ1n) is 7.97. The van der Waals surface area contributed by atoms with Gasteiger partial charge in [0.15, 0.2) is 0 Å². The molecule has 2 aromatic carbocycles. The molecule has 1 aliphatic heterocycles. The number of aliphatic hydroxyl groups is 1. The van der Waals surface area contributed by atoms with Gasteiger partial charge >= 0.3 is 0 Å². The first-order chi connectivity index (χ1) is 10.7. The van der Waals surface area contributed by atoms with Crippen molar-refractivity contribution in [3.8, 4) is 5.75 Å². The summed E-state index contributed by atoms with van der Waals surface area (Å²) in [6.07, 6.45) is 1.70. The zero-order chi connectivity index (χ0) is 15.4. The number of likely N-dealkylation sites (N-methyl/N-ethyl adjacent to an activating group) is 1. The van der Waals surface area contributed by atoms with Gasteiger partial charge in [-0.1, -0.05) is 36.4 Å². The molecule has 0 radical (unpaired) electrons. The Morgan fingerprint density at radius 3 is 2.41 bits per heavy atom. The molecule has 1 N–H and O–H groups in total. The smallest absolute Gasteiger partial charge is 0.140 e. The predicted molar refractivity (Wildman–Crippen MR) is 90.0 cm³/mol. The monoisotopic (exact) mass is 298 g/mol. The van der Waals surface area contributed by atoms with E-state index in [0.29, 0.717) is 6.61 Å². The number of nitrogens with zero attached hydrogens (tertiary/aromatic N) is 1. The summed E-state index contributed by atoms with van der Waals surface area (Å²) in [4.78, 5) is 0. The van der Waals surface area contributed by atoms with Crippen LogP contribution >= 0.6 is 0 Å². The second-order valence-electron chi connectivity index (χ2n) is 6.23. The molecule has 3 unspecified atom stereocenters. The van der Waals surface area contributed by atoms with E-state index >= 15 is 0 Å². The minimum atomic E-state index is -0.465. The van der Waals surface area contributed by atoms with Gasteiger partial charge in [0.25, 0.3) is 0 Å². The van der Waals surface area contributed by atoms with Crippen LogP contribution in [-0.2, 0) is 0 Å². The van der Waals surface area contributed by atoms with Crippen LogP contribution in [0.2, 0.25) is 0 Å². The van der Waals surface area contributed by atoms with Gasteiger partial charge < -0.3 is 9.84 Å². The molecule has 3 rings (SSSR count). The van der Waals surface area contributed by atoms with Crippen LogP contribution in [0.3, 0.4) is 0 Å². The molecular weight excluding hydrogens is 274 g/mol. The van der Waals surface area contributed by atoms with Crippen molar-refractivity contribution in [1.29, 1.82) is 0 Å². The number of quaternary nitrogens is 1. The van der Waals surface area contributed by atoms with Crippen LogP contribution in [0.5, 0.6) is 5.75 Å². The van der Waals surface area contributed by atoms with E-state index in [2.05, 4.69) is 31.3 Å². The van der Waals surface area contributed by atoms with Gasteiger partial charge in [-0.25, -0.2) is 0 Å². The van der Waals surface area contributed by atoms with E-state index in [1.807, 2.05) is 36.4 Å². The quantitative estimate of drug-likeness (QED) is 0.859. The Balaban J connectivity index is 1.70. The van der Waals surface area contributed by atoms with E-state index < -0.39 is 6.10 Å². The lowest BCUT2D eigenvalue weighted by Crippen LogP contribution is -2.55. The Bertz CT molecular complexity index is 587. The second-order valence-corrected chi connectivity index (χ2v) is 6.23. The van der Waals surface area contributed by atoms with E-state index in [1.165, 1.54) is 5.69 Å². The molecule has 0 amide bonds. The third-order valence-corrected chi connectivity index (χ3v) is 4.81. The average Bonchev–Trinajstić information content (AvgIpc) is 2.98. The van der Waals surface area contributed by atoms with Crippen molar-refractivity contribution in [3.05, 3.63) is 60.7 Å². The molecule has 0 aliphatic carbocycles. The summed E-state index contributed by atoms with van der Waals surface area (Å²) in [5, 5.41) is 10.7. The number of para-hydroxylation sites is 2. The first kappa shape index (κ1) is 15.1. The molecule has 22 heavy (non-hydrogen) atoms. The van der Waals surface area contributed by atoms with Crippen LogP contribution in [0.25, 0.3) is 0 Å². The minimum Gasteiger partial charge on any atom is -0.491 e. The molecule has 0 saturated carbocycles. The number of ether oxygens (including phenoxy) is 1. The lowest BCUT2D eigenvalue weighted by Gasteiger charge is -2.37. The Morgan fingerprint density at radius 2 is 1.73 bits per heavy atom. The fraction of sp³-hybridized carbons (Fsp3) is 0.368. The number of hydrogen-bond acceptors (Lipinski definition) is 2. The Morgan fingerprint density at radius 1 is 1.09 bits per heavy atom. The SMILES string of the molecule is C[N+]1(c2ccccc2)CCCC1C(O)COc1ccccc1. The van der Waals surface area contributed by atoms with Crippen LogP contribution in [0.15, 0.2) is 60.7 Å². The van der Waals surface area contributed by atoms with Gasteiger partial charge in [-0.05, 0) is 24.3 Å². The zero-order valence-corrected chi connectivity index (χ0v) is 13.1. The van der Waals surface area contributed by atoms with Gasteiger partial charge in [-0.15, -0.1) is 0 Å². The highest BCUT2D eigenvalue weighted by molar-refractivity contribution is 5.44. The van der Waals surface area contributed by atoms with Crippen molar-refractivity contribution >= 4 is 5.69 Å². The molecular formula is C19H24NO2+. The molecule has 3 heteroatoms. The van der Waals surface area contributed by atoms with Crippen LogP contribution < -0.4 is 9.22 Å². The minimum absolute atomic E-state index is 0.186. The topological polar surface area (TPSA) is 29.5 Å². The third-order valence-electron chi connectivity index (χ3n) is 4.81. The number of rotatable bonds is 5. The van der Waals surface area contributed by atoms with E-state index in [1.54, 1.807) is 0 Å². The molecule has 1 aliphatic rings. The summed E-state index contributed by atoms with van der Waals surface area (Å²) in [5.74, 6) is 0.813. The van der Waals surface area contributed by atoms with Crippen LogP contribution in [0.4, 0.5) is 5.69 Å². The third kappa shape index (κ3) is 3.01. The van der Waals surface area contributed by atoms with Crippen molar-refractivity contribution in [2.75, 3.05) is 20.2 Å². The summed E-state index contributed by atoms with van der Waals surface area (Å²) in [5.41, 5.74) is 1.27. The largest absolute Gasteiger partial charge is 0.491 e. The lowest BCUT2D eigenvalue weighted by molar-refractivity contribution is 0.0458. The molecule has 0 aromatic heterocycles. The van der Waals surface area contributed by atoms with Crippen molar-refractivity contribution in [3.63, 3.8) is 0 Å². The second kappa shape index (κ2) is 6.51. The van der Waals surface area contributed by atoms with E-state index in [4.69, 9.17) is 4.74 Å². The molecule has 0 spiro atoms. The summed E-state index contributed by atoms with van der Waals surface area (Å²) in [7, 11) is 2.22. The standard InChI is InChI=1S/C19H24NO2/c1-20(16-9-4-2-5-10-16)14-8-13-18(20)19(21)15-22-17-11-6-3-7-12-17/h2-7,9-12,18-19,21H,8,13-15H2,1H3/q+1. The number of hydrogen-bond donors (Lipinski definition) is 1. The van der Waals surface area contributed by atoms with Crippen LogP contribution in [-0.4, -0.2) is 37.5 Å². The van der Waals surface area contributed by atoms with Crippen LogP contribution in [0.1, 0.15) is 12.8 Å². The Kier molecular flexibility index (Phi) is 4.46. The van der Waals surface area contributed by atoms with E-state index in [0.717, 1.165) is 29.6 Å². The molecule has 2 aromatic rings. The van der Waals surface area contributed by atoms with E-state index in [-0.39, 0.29) is 6.04 Å². The predicted octanol–water partition coefficient (Wildman–Crippen LogP) is 3.23. The van der Waals surface area contributed by atoms with Crippen molar-refractivity contribution in [1.82, 2.24) is 4.48 Å². The highest BCUT2D eigenvalue weighted by Crippen LogP contribution is 2.34. The van der Waals surface area contributed by atoms with E-state index in [9.17, 15) is 5.11 Å². The maximum atomic E-state index is 10.7. The number of likely N-dealkylation sites (tertiary alicyclic amines) is 1. The Labute approximate surface area is 132 Å². The van der Waals surface area contributed by atoms with Gasteiger partial charge in [0, 0.05) is 12.8 Å². The first-order valence-corrected chi connectivity index (χ1v) is 7.97. The number of benzene rings is 2. The summed E-state index contributed by atoms with van der Waals surface area (Å²) in [6.45, 7) is 1.41. The molecule has 3 nitrogen and oxygen atoms in total. The molecule has 1 heterocycles. The zero-order valence-electron chi connectivity index (χ0n) is 13.1. The molecule has 116 valence electrons. The summed E-state index contributed by atoms with van der Waals surface area (Å²) in [6, 6.07) is 20.4. The highest BCUT2D eigenvalue weighted by Gasteiger charge is 2.44. The van der Waals surface area contributed by atoms with Crippen molar-refractivity contribution in [2.24, 2.45) is 0 Å². The van der Waals surface area contributed by atoms with Crippen LogP contribution in [0, 0.1) is 0 Å². The molecule has 0 bridgehead atoms.